The van der Waals surface area contributed by atoms with Crippen LogP contribution in [0.4, 0.5) is 0 Å². The van der Waals surface area contributed by atoms with Gasteiger partial charge in [0.2, 0.25) is 5.91 Å². The summed E-state index contributed by atoms with van der Waals surface area (Å²) in [5, 5.41) is 40.0. The number of ether oxygens (including phenoxy) is 2. The number of aliphatic hydroxyl groups is 1. The molecule has 1 fully saturated rings. The molecule has 0 bridgehead atoms. The highest BCUT2D eigenvalue weighted by atomic mass is 16.5. The molecule has 0 aromatic carbocycles. The van der Waals surface area contributed by atoms with E-state index in [9.17, 15) is 34.5 Å². The second-order valence-electron chi connectivity index (χ2n) is 12.1. The maximum atomic E-state index is 12.8. The highest BCUT2D eigenvalue weighted by molar-refractivity contribution is 5.78. The molecule has 250 valence electrons. The zero-order chi connectivity index (χ0) is 32.5. The number of amides is 1. The van der Waals surface area contributed by atoms with Crippen LogP contribution in [0.25, 0.3) is 0 Å². The van der Waals surface area contributed by atoms with Crippen molar-refractivity contribution in [2.24, 2.45) is 0 Å². The number of carbonyl (C=O) groups excluding carboxylic acids is 1. The van der Waals surface area contributed by atoms with Crippen molar-refractivity contribution in [3.8, 4) is 0 Å². The Morgan fingerprint density at radius 2 is 0.953 bits per heavy atom. The zero-order valence-electron chi connectivity index (χ0n) is 26.3. The van der Waals surface area contributed by atoms with E-state index in [1.807, 2.05) is 32.6 Å². The van der Waals surface area contributed by atoms with Crippen molar-refractivity contribution in [3.05, 3.63) is 0 Å². The van der Waals surface area contributed by atoms with Gasteiger partial charge in [-0.2, -0.15) is 0 Å². The third kappa shape index (κ3) is 19.5. The summed E-state index contributed by atoms with van der Waals surface area (Å²) >= 11 is 0. The molecule has 15 nitrogen and oxygen atoms in total. The number of carboxylic acids is 3. The van der Waals surface area contributed by atoms with Crippen LogP contribution in [-0.4, -0.2) is 180 Å². The number of hydrogen-bond donors (Lipinski definition) is 5. The molecule has 15 heteroatoms. The molecular formula is C28H53N5O10. The predicted octanol–water partition coefficient (Wildman–Crippen LogP) is -1.06. The number of aliphatic hydroxyl groups excluding tert-OH is 1. The van der Waals surface area contributed by atoms with E-state index in [1.165, 1.54) is 0 Å². The van der Waals surface area contributed by atoms with Gasteiger partial charge in [0.1, 0.15) is 0 Å². The first-order valence-corrected chi connectivity index (χ1v) is 14.8. The van der Waals surface area contributed by atoms with Gasteiger partial charge < -0.3 is 35.2 Å². The summed E-state index contributed by atoms with van der Waals surface area (Å²) in [5.74, 6) is -3.25. The molecule has 0 aromatic heterocycles. The molecule has 1 heterocycles. The maximum Gasteiger partial charge on any atom is 0.317 e. The summed E-state index contributed by atoms with van der Waals surface area (Å²) in [6.45, 7) is 10.9. The van der Waals surface area contributed by atoms with Crippen molar-refractivity contribution < 1.29 is 49.1 Å². The summed E-state index contributed by atoms with van der Waals surface area (Å²) in [5.41, 5.74) is -0.893. The Hall–Kier alpha value is -2.40. The molecular weight excluding hydrogens is 566 g/mol. The molecule has 1 rings (SSSR count). The van der Waals surface area contributed by atoms with E-state index in [0.29, 0.717) is 85.0 Å². The van der Waals surface area contributed by atoms with E-state index in [-0.39, 0.29) is 38.7 Å². The second-order valence-corrected chi connectivity index (χ2v) is 12.1. The van der Waals surface area contributed by atoms with Crippen LogP contribution in [0.1, 0.15) is 40.5 Å². The Morgan fingerprint density at radius 1 is 0.605 bits per heavy atom. The van der Waals surface area contributed by atoms with E-state index >= 15 is 0 Å². The summed E-state index contributed by atoms with van der Waals surface area (Å²) in [6.07, 6.45) is 1.18. The zero-order valence-corrected chi connectivity index (χ0v) is 26.3. The monoisotopic (exact) mass is 619 g/mol. The lowest BCUT2D eigenvalue weighted by atomic mass is 10.0. The van der Waals surface area contributed by atoms with Gasteiger partial charge in [-0.25, -0.2) is 0 Å². The van der Waals surface area contributed by atoms with Crippen molar-refractivity contribution in [3.63, 3.8) is 0 Å². The van der Waals surface area contributed by atoms with E-state index < -0.39 is 29.1 Å². The average Bonchev–Trinajstić information content (AvgIpc) is 2.87. The molecule has 5 N–H and O–H groups in total. The van der Waals surface area contributed by atoms with Crippen LogP contribution in [0.2, 0.25) is 0 Å². The molecule has 0 radical (unpaired) electrons. The molecule has 0 unspecified atom stereocenters. The molecule has 0 atom stereocenters. The van der Waals surface area contributed by atoms with Gasteiger partial charge in [0.25, 0.3) is 0 Å². The quantitative estimate of drug-likeness (QED) is 0.117. The standard InChI is InChI=1S/C28H53N5O10/c1-27(2,5-16-34)42-17-6-28(3,4)43-18-7-29-23(35)19-30-8-10-31(20-24(36)37)12-14-33(22-26(40)41)15-13-32(11-9-30)21-25(38)39/h34H,5-22H2,1-4H3,(H,29,35)(H,36,37)(H,38,39)(H,40,41). The number of carboxylic acid groups (broad SMARTS) is 3. The Kier molecular flexibility index (Phi) is 17.8. The molecule has 1 aliphatic heterocycles. The minimum atomic E-state index is -1.01. The van der Waals surface area contributed by atoms with E-state index in [1.54, 1.807) is 14.7 Å². The second kappa shape index (κ2) is 19.8. The third-order valence-electron chi connectivity index (χ3n) is 7.20. The van der Waals surface area contributed by atoms with Crippen LogP contribution < -0.4 is 5.32 Å². The number of aliphatic carboxylic acids is 3. The Morgan fingerprint density at radius 3 is 1.33 bits per heavy atom. The lowest BCUT2D eigenvalue weighted by Gasteiger charge is -2.33. The largest absolute Gasteiger partial charge is 0.480 e. The van der Waals surface area contributed by atoms with Gasteiger partial charge >= 0.3 is 17.9 Å². The van der Waals surface area contributed by atoms with Crippen LogP contribution in [-0.2, 0) is 28.7 Å². The van der Waals surface area contributed by atoms with E-state index in [0.717, 1.165) is 0 Å². The first-order valence-electron chi connectivity index (χ1n) is 14.8. The van der Waals surface area contributed by atoms with Crippen LogP contribution in [0.3, 0.4) is 0 Å². The average molecular weight is 620 g/mol. The fraction of sp³-hybridized carbons (Fsp3) is 0.857. The summed E-state index contributed by atoms with van der Waals surface area (Å²) in [4.78, 5) is 54.0. The summed E-state index contributed by atoms with van der Waals surface area (Å²) in [6, 6.07) is 0. The SMILES string of the molecule is CC(C)(CCO)OCCC(C)(C)OCCNC(=O)CN1CCN(CC(=O)O)CCN(CC(=O)O)CCN(CC(=O)O)CC1. The Bertz CT molecular complexity index is 841. The number of hydrogen-bond acceptors (Lipinski definition) is 11. The van der Waals surface area contributed by atoms with Crippen molar-refractivity contribution in [2.75, 3.05) is 105 Å². The molecule has 43 heavy (non-hydrogen) atoms. The highest BCUT2D eigenvalue weighted by Gasteiger charge is 2.23. The van der Waals surface area contributed by atoms with Gasteiger partial charge in [-0.05, 0) is 40.5 Å². The van der Waals surface area contributed by atoms with Crippen molar-refractivity contribution in [1.29, 1.82) is 0 Å². The third-order valence-corrected chi connectivity index (χ3v) is 7.20. The fourth-order valence-electron chi connectivity index (χ4n) is 4.55. The molecule has 0 spiro atoms. The molecule has 0 aromatic rings. The summed E-state index contributed by atoms with van der Waals surface area (Å²) in [7, 11) is 0. The van der Waals surface area contributed by atoms with Crippen molar-refractivity contribution >= 4 is 23.8 Å². The van der Waals surface area contributed by atoms with Gasteiger partial charge in [0.15, 0.2) is 0 Å². The minimum absolute atomic E-state index is 0.0458. The molecule has 1 saturated heterocycles. The van der Waals surface area contributed by atoms with Crippen LogP contribution in [0.5, 0.6) is 0 Å². The number of rotatable bonds is 18. The van der Waals surface area contributed by atoms with Crippen molar-refractivity contribution in [2.45, 2.75) is 51.7 Å². The van der Waals surface area contributed by atoms with Gasteiger partial charge in [-0.1, -0.05) is 0 Å². The predicted molar refractivity (Wildman–Crippen MR) is 158 cm³/mol. The van der Waals surface area contributed by atoms with Gasteiger partial charge in [0.05, 0.1) is 50.6 Å². The Labute approximate surface area is 254 Å². The van der Waals surface area contributed by atoms with Crippen LogP contribution >= 0.6 is 0 Å². The lowest BCUT2D eigenvalue weighted by Crippen LogP contribution is -2.50. The first-order chi connectivity index (χ1) is 20.1. The normalized spacial score (nSPS) is 17.6. The fourth-order valence-corrected chi connectivity index (χ4v) is 4.55. The first kappa shape index (κ1) is 38.6. The minimum Gasteiger partial charge on any atom is -0.480 e. The van der Waals surface area contributed by atoms with Crippen molar-refractivity contribution in [1.82, 2.24) is 24.9 Å². The van der Waals surface area contributed by atoms with Crippen LogP contribution in [0, 0.1) is 0 Å². The smallest absolute Gasteiger partial charge is 0.317 e. The lowest BCUT2D eigenvalue weighted by molar-refractivity contribution is -0.140. The van der Waals surface area contributed by atoms with E-state index in [2.05, 4.69) is 5.32 Å². The molecule has 1 amide bonds. The van der Waals surface area contributed by atoms with Gasteiger partial charge in [-0.15, -0.1) is 0 Å². The van der Waals surface area contributed by atoms with Crippen LogP contribution in [0.15, 0.2) is 0 Å². The highest BCUT2D eigenvalue weighted by Crippen LogP contribution is 2.19. The van der Waals surface area contributed by atoms with Gasteiger partial charge in [0, 0.05) is 65.5 Å². The number of nitrogens with zero attached hydrogens (tertiary/aromatic N) is 4. The van der Waals surface area contributed by atoms with Gasteiger partial charge in [-0.3, -0.25) is 38.8 Å². The molecule has 0 saturated carbocycles. The number of nitrogens with one attached hydrogen (secondary N) is 1. The Balaban J connectivity index is 2.70. The maximum absolute atomic E-state index is 12.8. The summed E-state index contributed by atoms with van der Waals surface area (Å²) < 4.78 is 11.8. The number of carbonyl (C=O) groups is 4. The van der Waals surface area contributed by atoms with E-state index in [4.69, 9.17) is 14.6 Å². The molecule has 0 aliphatic carbocycles. The topological polar surface area (TPSA) is 193 Å². The molecule has 1 aliphatic rings.